The molecule has 1 aliphatic rings. The van der Waals surface area contributed by atoms with Crippen LogP contribution in [0.1, 0.15) is 36.9 Å². The van der Waals surface area contributed by atoms with Gasteiger partial charge in [0.1, 0.15) is 5.75 Å². The number of carbonyl (C=O) groups is 1. The van der Waals surface area contributed by atoms with Crippen molar-refractivity contribution < 1.29 is 27.8 Å². The minimum absolute atomic E-state index is 0.201. The van der Waals surface area contributed by atoms with Gasteiger partial charge in [0.25, 0.3) is 0 Å². The highest BCUT2D eigenvalue weighted by Gasteiger charge is 2.37. The van der Waals surface area contributed by atoms with E-state index in [4.69, 9.17) is 9.84 Å². The smallest absolute Gasteiger partial charge is 0.414 e. The van der Waals surface area contributed by atoms with Crippen LogP contribution in [-0.2, 0) is 6.42 Å². The van der Waals surface area contributed by atoms with E-state index >= 15 is 0 Å². The molecule has 0 unspecified atom stereocenters. The summed E-state index contributed by atoms with van der Waals surface area (Å²) in [5.41, 5.74) is 2.02. The Labute approximate surface area is 138 Å². The molecular weight excluding hydrogens is 325 g/mol. The molecule has 5 nitrogen and oxygen atoms in total. The maximum absolute atomic E-state index is 12.2. The van der Waals surface area contributed by atoms with E-state index in [1.54, 1.807) is 0 Å². The zero-order chi connectivity index (χ0) is 17.7. The maximum Gasteiger partial charge on any atom is 0.414 e. The van der Waals surface area contributed by atoms with Gasteiger partial charge in [-0.2, -0.15) is 13.2 Å². The van der Waals surface area contributed by atoms with Gasteiger partial charge in [0, 0.05) is 6.54 Å². The van der Waals surface area contributed by atoms with Crippen molar-refractivity contribution in [2.24, 2.45) is 0 Å². The molecular formula is C16H21F3N2O3. The number of nitrogens with one attached hydrogen (secondary N) is 2. The Bertz CT molecular complexity index is 578. The van der Waals surface area contributed by atoms with Crippen LogP contribution in [0.3, 0.4) is 0 Å². The molecule has 0 aromatic heterocycles. The first-order chi connectivity index (χ1) is 11.3. The number of aliphatic hydroxyl groups excluding tert-OH is 1. The lowest BCUT2D eigenvalue weighted by atomic mass is 10.1. The standard InChI is InChI=1S/C16H21F3N2O3/c1-2-24-13-5-3-4-10-11(13)6-7-12(10)21-15(23)20-9-8-14(22)16(17,18)19/h3-5,12,14,22H,2,6-9H2,1H3,(H2,20,21,23)/t12-,14-/m1/s1. The Balaban J connectivity index is 1.86. The van der Waals surface area contributed by atoms with Gasteiger partial charge in [-0.05, 0) is 43.4 Å². The summed E-state index contributed by atoms with van der Waals surface area (Å²) in [6.45, 7) is 2.19. The molecule has 0 aliphatic heterocycles. The Hall–Kier alpha value is -1.96. The molecule has 0 heterocycles. The van der Waals surface area contributed by atoms with E-state index in [9.17, 15) is 18.0 Å². The number of rotatable bonds is 6. The molecule has 8 heteroatoms. The van der Waals surface area contributed by atoms with Crippen molar-refractivity contribution in [3.8, 4) is 5.75 Å². The van der Waals surface area contributed by atoms with Crippen molar-refractivity contribution in [1.29, 1.82) is 0 Å². The Morgan fingerprint density at radius 2 is 2.21 bits per heavy atom. The average Bonchev–Trinajstić information content (AvgIpc) is 2.91. The normalized spacial score (nSPS) is 18.0. The van der Waals surface area contributed by atoms with E-state index < -0.39 is 24.7 Å². The van der Waals surface area contributed by atoms with Gasteiger partial charge in [0.15, 0.2) is 6.10 Å². The maximum atomic E-state index is 12.2. The number of hydrogen-bond donors (Lipinski definition) is 3. The molecule has 0 saturated carbocycles. The zero-order valence-electron chi connectivity index (χ0n) is 13.3. The fourth-order valence-corrected chi connectivity index (χ4v) is 2.76. The van der Waals surface area contributed by atoms with Crippen molar-refractivity contribution in [3.63, 3.8) is 0 Å². The molecule has 0 bridgehead atoms. The van der Waals surface area contributed by atoms with Crippen LogP contribution in [-0.4, -0.2) is 36.6 Å². The van der Waals surface area contributed by atoms with Crippen LogP contribution in [0.2, 0.25) is 0 Å². The Morgan fingerprint density at radius 3 is 2.88 bits per heavy atom. The molecule has 24 heavy (non-hydrogen) atoms. The molecule has 0 fully saturated rings. The number of fused-ring (bicyclic) bond motifs is 1. The van der Waals surface area contributed by atoms with Crippen LogP contribution in [0.4, 0.5) is 18.0 Å². The fraction of sp³-hybridized carbons (Fsp3) is 0.562. The van der Waals surface area contributed by atoms with E-state index in [0.717, 1.165) is 23.3 Å². The van der Waals surface area contributed by atoms with Gasteiger partial charge in [0.05, 0.1) is 12.6 Å². The van der Waals surface area contributed by atoms with Crippen LogP contribution in [0.5, 0.6) is 5.75 Å². The van der Waals surface area contributed by atoms with Crippen LogP contribution < -0.4 is 15.4 Å². The third-order valence-electron chi connectivity index (χ3n) is 3.91. The SMILES string of the molecule is CCOc1cccc2c1CC[C@H]2NC(=O)NCC[C@@H](O)C(F)(F)F. The lowest BCUT2D eigenvalue weighted by Gasteiger charge is -2.17. The second kappa shape index (κ2) is 7.74. The highest BCUT2D eigenvalue weighted by atomic mass is 19.4. The largest absolute Gasteiger partial charge is 0.494 e. The fourth-order valence-electron chi connectivity index (χ4n) is 2.76. The molecule has 1 aromatic rings. The molecule has 2 rings (SSSR count). The molecule has 2 amide bonds. The summed E-state index contributed by atoms with van der Waals surface area (Å²) in [5.74, 6) is 0.799. The molecule has 0 radical (unpaired) electrons. The molecule has 1 aromatic carbocycles. The Morgan fingerprint density at radius 1 is 1.46 bits per heavy atom. The van der Waals surface area contributed by atoms with Crippen LogP contribution in [0.15, 0.2) is 18.2 Å². The van der Waals surface area contributed by atoms with E-state index in [1.165, 1.54) is 0 Å². The number of halogens is 3. The van der Waals surface area contributed by atoms with Gasteiger partial charge in [-0.25, -0.2) is 4.79 Å². The van der Waals surface area contributed by atoms with Gasteiger partial charge in [0.2, 0.25) is 0 Å². The first-order valence-corrected chi connectivity index (χ1v) is 7.86. The lowest BCUT2D eigenvalue weighted by Crippen LogP contribution is -2.40. The summed E-state index contributed by atoms with van der Waals surface area (Å²) in [4.78, 5) is 11.8. The quantitative estimate of drug-likeness (QED) is 0.742. The second-order valence-electron chi connectivity index (χ2n) is 5.59. The number of aliphatic hydroxyl groups is 1. The van der Waals surface area contributed by atoms with Gasteiger partial charge in [-0.15, -0.1) is 0 Å². The average molecular weight is 346 g/mol. The predicted molar refractivity (Wildman–Crippen MR) is 81.9 cm³/mol. The molecule has 1 aliphatic carbocycles. The van der Waals surface area contributed by atoms with Crippen molar-refractivity contribution >= 4 is 6.03 Å². The molecule has 3 N–H and O–H groups in total. The van der Waals surface area contributed by atoms with Gasteiger partial charge in [-0.1, -0.05) is 12.1 Å². The van der Waals surface area contributed by atoms with Crippen molar-refractivity contribution in [2.75, 3.05) is 13.2 Å². The minimum atomic E-state index is -4.67. The van der Waals surface area contributed by atoms with Crippen LogP contribution >= 0.6 is 0 Å². The molecule has 0 saturated heterocycles. The first-order valence-electron chi connectivity index (χ1n) is 7.86. The Kier molecular flexibility index (Phi) is 5.93. The summed E-state index contributed by atoms with van der Waals surface area (Å²) in [5, 5.41) is 14.0. The van der Waals surface area contributed by atoms with Gasteiger partial charge >= 0.3 is 12.2 Å². The number of ether oxygens (including phenoxy) is 1. The molecule has 2 atom stereocenters. The number of carbonyl (C=O) groups excluding carboxylic acids is 1. The predicted octanol–water partition coefficient (Wildman–Crippen LogP) is 2.69. The van der Waals surface area contributed by atoms with Gasteiger partial charge < -0.3 is 20.5 Å². The summed E-state index contributed by atoms with van der Waals surface area (Å²) < 4.78 is 42.1. The van der Waals surface area contributed by atoms with E-state index in [-0.39, 0.29) is 12.6 Å². The van der Waals surface area contributed by atoms with Crippen LogP contribution in [0, 0.1) is 0 Å². The number of alkyl halides is 3. The minimum Gasteiger partial charge on any atom is -0.494 e. The van der Waals surface area contributed by atoms with Crippen molar-refractivity contribution in [2.45, 2.75) is 44.5 Å². The van der Waals surface area contributed by atoms with E-state index in [0.29, 0.717) is 13.0 Å². The summed E-state index contributed by atoms with van der Waals surface area (Å²) >= 11 is 0. The van der Waals surface area contributed by atoms with Crippen LogP contribution in [0.25, 0.3) is 0 Å². The molecule has 0 spiro atoms. The number of urea groups is 1. The third-order valence-corrected chi connectivity index (χ3v) is 3.91. The summed E-state index contributed by atoms with van der Waals surface area (Å²) in [6.07, 6.45) is -6.20. The van der Waals surface area contributed by atoms with E-state index in [1.807, 2.05) is 25.1 Å². The highest BCUT2D eigenvalue weighted by Crippen LogP contribution is 2.36. The first kappa shape index (κ1) is 18.4. The van der Waals surface area contributed by atoms with Crippen molar-refractivity contribution in [3.05, 3.63) is 29.3 Å². The van der Waals surface area contributed by atoms with E-state index in [2.05, 4.69) is 10.6 Å². The second-order valence-corrected chi connectivity index (χ2v) is 5.59. The summed E-state index contributed by atoms with van der Waals surface area (Å²) in [7, 11) is 0. The number of hydrogen-bond acceptors (Lipinski definition) is 3. The topological polar surface area (TPSA) is 70.6 Å². The molecule has 134 valence electrons. The third kappa shape index (κ3) is 4.53. The monoisotopic (exact) mass is 346 g/mol. The van der Waals surface area contributed by atoms with Gasteiger partial charge in [-0.3, -0.25) is 0 Å². The number of benzene rings is 1. The highest BCUT2D eigenvalue weighted by molar-refractivity contribution is 5.74. The number of amides is 2. The van der Waals surface area contributed by atoms with Crippen molar-refractivity contribution in [1.82, 2.24) is 10.6 Å². The lowest BCUT2D eigenvalue weighted by molar-refractivity contribution is -0.204. The zero-order valence-corrected chi connectivity index (χ0v) is 13.3. The summed E-state index contributed by atoms with van der Waals surface area (Å²) in [6, 6.07) is 4.88.